The minimum absolute atomic E-state index is 0.0264. The number of nitrogens with zero attached hydrogens (tertiary/aromatic N) is 4. The SMILES string of the molecule is Cc1c(Cl)cnn1Cc1cccnc1C(N)=NO. The minimum Gasteiger partial charge on any atom is -0.409 e. The van der Waals surface area contributed by atoms with Crippen LogP contribution in [0.25, 0.3) is 0 Å². The van der Waals surface area contributed by atoms with Gasteiger partial charge in [-0.2, -0.15) is 5.10 Å². The van der Waals surface area contributed by atoms with Gasteiger partial charge in [-0.15, -0.1) is 0 Å². The molecule has 0 amide bonds. The Morgan fingerprint density at radius 3 is 3.00 bits per heavy atom. The van der Waals surface area contributed by atoms with Gasteiger partial charge in [0.2, 0.25) is 0 Å². The molecule has 0 atom stereocenters. The maximum absolute atomic E-state index is 8.72. The average Bonchev–Trinajstić information content (AvgIpc) is 2.70. The Kier molecular flexibility index (Phi) is 3.47. The summed E-state index contributed by atoms with van der Waals surface area (Å²) < 4.78 is 1.73. The molecular formula is C11H12ClN5O. The van der Waals surface area contributed by atoms with Crippen LogP contribution >= 0.6 is 11.6 Å². The Bertz CT molecular complexity index is 593. The lowest BCUT2D eigenvalue weighted by molar-refractivity contribution is 0.318. The first kappa shape index (κ1) is 12.4. The number of aromatic nitrogens is 3. The highest BCUT2D eigenvalue weighted by atomic mass is 35.5. The molecule has 2 heterocycles. The van der Waals surface area contributed by atoms with E-state index in [1.165, 1.54) is 0 Å². The number of rotatable bonds is 3. The fourth-order valence-corrected chi connectivity index (χ4v) is 1.73. The summed E-state index contributed by atoms with van der Waals surface area (Å²) >= 11 is 5.94. The lowest BCUT2D eigenvalue weighted by Crippen LogP contribution is -2.19. The molecule has 18 heavy (non-hydrogen) atoms. The van der Waals surface area contributed by atoms with E-state index in [1.807, 2.05) is 13.0 Å². The molecule has 0 fully saturated rings. The van der Waals surface area contributed by atoms with E-state index < -0.39 is 0 Å². The molecule has 94 valence electrons. The quantitative estimate of drug-likeness (QED) is 0.380. The van der Waals surface area contributed by atoms with Crippen LogP contribution in [-0.2, 0) is 6.54 Å². The largest absolute Gasteiger partial charge is 0.409 e. The highest BCUT2D eigenvalue weighted by Crippen LogP contribution is 2.15. The van der Waals surface area contributed by atoms with Crippen LogP contribution in [-0.4, -0.2) is 25.8 Å². The van der Waals surface area contributed by atoms with Gasteiger partial charge in [0.05, 0.1) is 23.5 Å². The Morgan fingerprint density at radius 1 is 1.61 bits per heavy atom. The van der Waals surface area contributed by atoms with Crippen molar-refractivity contribution in [1.82, 2.24) is 14.8 Å². The van der Waals surface area contributed by atoms with Crippen LogP contribution in [0.5, 0.6) is 0 Å². The number of hydrogen-bond acceptors (Lipinski definition) is 4. The van der Waals surface area contributed by atoms with Crippen molar-refractivity contribution in [2.75, 3.05) is 0 Å². The van der Waals surface area contributed by atoms with E-state index in [2.05, 4.69) is 15.2 Å². The maximum atomic E-state index is 8.72. The average molecular weight is 266 g/mol. The third-order valence-corrected chi connectivity index (χ3v) is 2.98. The molecule has 7 heteroatoms. The van der Waals surface area contributed by atoms with Gasteiger partial charge in [0, 0.05) is 11.8 Å². The van der Waals surface area contributed by atoms with E-state index in [9.17, 15) is 0 Å². The lowest BCUT2D eigenvalue weighted by atomic mass is 10.2. The van der Waals surface area contributed by atoms with E-state index in [-0.39, 0.29) is 5.84 Å². The molecule has 2 aromatic rings. The second kappa shape index (κ2) is 5.05. The lowest BCUT2D eigenvalue weighted by Gasteiger charge is -2.08. The molecule has 0 saturated heterocycles. The van der Waals surface area contributed by atoms with Crippen LogP contribution in [0.3, 0.4) is 0 Å². The zero-order valence-electron chi connectivity index (χ0n) is 9.71. The van der Waals surface area contributed by atoms with Crippen molar-refractivity contribution in [3.63, 3.8) is 0 Å². The zero-order valence-corrected chi connectivity index (χ0v) is 10.5. The molecule has 0 unspecified atom stereocenters. The topological polar surface area (TPSA) is 89.3 Å². The number of hydrogen-bond donors (Lipinski definition) is 2. The Hall–Kier alpha value is -2.08. The molecule has 0 aliphatic rings. The summed E-state index contributed by atoms with van der Waals surface area (Å²) in [5.74, 6) is -0.0264. The predicted molar refractivity (Wildman–Crippen MR) is 67.8 cm³/mol. The third kappa shape index (κ3) is 2.28. The maximum Gasteiger partial charge on any atom is 0.189 e. The van der Waals surface area contributed by atoms with Gasteiger partial charge in [-0.3, -0.25) is 9.67 Å². The Balaban J connectivity index is 2.38. The molecule has 0 aliphatic heterocycles. The zero-order chi connectivity index (χ0) is 13.1. The summed E-state index contributed by atoms with van der Waals surface area (Å²) in [6, 6.07) is 3.62. The fraction of sp³-hybridized carbons (Fsp3) is 0.182. The van der Waals surface area contributed by atoms with Crippen molar-refractivity contribution in [3.05, 3.63) is 46.5 Å². The Morgan fingerprint density at radius 2 is 2.39 bits per heavy atom. The molecule has 0 saturated carbocycles. The van der Waals surface area contributed by atoms with Gasteiger partial charge < -0.3 is 10.9 Å². The summed E-state index contributed by atoms with van der Waals surface area (Å²) in [5.41, 5.74) is 7.66. The summed E-state index contributed by atoms with van der Waals surface area (Å²) in [5, 5.41) is 16.4. The summed E-state index contributed by atoms with van der Waals surface area (Å²) in [7, 11) is 0. The van der Waals surface area contributed by atoms with Crippen LogP contribution in [0.15, 0.2) is 29.7 Å². The molecule has 0 aromatic carbocycles. The highest BCUT2D eigenvalue weighted by molar-refractivity contribution is 6.31. The van der Waals surface area contributed by atoms with Gasteiger partial charge in [-0.1, -0.05) is 22.8 Å². The van der Waals surface area contributed by atoms with E-state index >= 15 is 0 Å². The van der Waals surface area contributed by atoms with Crippen molar-refractivity contribution >= 4 is 17.4 Å². The van der Waals surface area contributed by atoms with Gasteiger partial charge in [-0.05, 0) is 13.0 Å². The number of halogens is 1. The van der Waals surface area contributed by atoms with Crippen molar-refractivity contribution in [3.8, 4) is 0 Å². The van der Waals surface area contributed by atoms with Crippen LogP contribution in [0, 0.1) is 6.92 Å². The van der Waals surface area contributed by atoms with Crippen LogP contribution in [0.4, 0.5) is 0 Å². The number of nitrogens with two attached hydrogens (primary N) is 1. The van der Waals surface area contributed by atoms with E-state index in [0.29, 0.717) is 17.3 Å². The van der Waals surface area contributed by atoms with Gasteiger partial charge in [-0.25, -0.2) is 0 Å². The molecule has 0 aliphatic carbocycles. The van der Waals surface area contributed by atoms with E-state index in [0.717, 1.165) is 11.3 Å². The fourth-order valence-electron chi connectivity index (χ4n) is 1.59. The van der Waals surface area contributed by atoms with Crippen molar-refractivity contribution in [2.45, 2.75) is 13.5 Å². The molecular weight excluding hydrogens is 254 g/mol. The number of oxime groups is 1. The molecule has 0 spiro atoms. The molecule has 0 radical (unpaired) electrons. The predicted octanol–water partition coefficient (Wildman–Crippen LogP) is 1.38. The monoisotopic (exact) mass is 265 g/mol. The van der Waals surface area contributed by atoms with Gasteiger partial charge >= 0.3 is 0 Å². The molecule has 2 rings (SSSR count). The molecule has 2 aromatic heterocycles. The third-order valence-electron chi connectivity index (χ3n) is 2.61. The molecule has 0 bridgehead atoms. The van der Waals surface area contributed by atoms with Crippen LogP contribution in [0.2, 0.25) is 5.02 Å². The van der Waals surface area contributed by atoms with Crippen LogP contribution < -0.4 is 5.73 Å². The number of amidine groups is 1. The number of pyridine rings is 1. The standard InChI is InChI=1S/C11H12ClN5O/c1-7-9(12)5-15-17(7)6-8-3-2-4-14-10(8)11(13)16-18/h2-5,18H,6H2,1H3,(H2,13,16). The van der Waals surface area contributed by atoms with Crippen LogP contribution in [0.1, 0.15) is 17.0 Å². The summed E-state index contributed by atoms with van der Waals surface area (Å²) in [6.45, 7) is 2.33. The second-order valence-electron chi connectivity index (χ2n) is 3.73. The smallest absolute Gasteiger partial charge is 0.189 e. The Labute approximate surface area is 109 Å². The van der Waals surface area contributed by atoms with Gasteiger partial charge in [0.25, 0.3) is 0 Å². The first-order valence-corrected chi connectivity index (χ1v) is 5.61. The van der Waals surface area contributed by atoms with Crippen molar-refractivity contribution in [2.24, 2.45) is 10.9 Å². The second-order valence-corrected chi connectivity index (χ2v) is 4.14. The summed E-state index contributed by atoms with van der Waals surface area (Å²) in [4.78, 5) is 4.09. The molecule has 6 nitrogen and oxygen atoms in total. The highest BCUT2D eigenvalue weighted by Gasteiger charge is 2.11. The minimum atomic E-state index is -0.0264. The molecule has 3 N–H and O–H groups in total. The first-order chi connectivity index (χ1) is 8.63. The summed E-state index contributed by atoms with van der Waals surface area (Å²) in [6.07, 6.45) is 3.16. The van der Waals surface area contributed by atoms with Gasteiger partial charge in [0.15, 0.2) is 5.84 Å². The van der Waals surface area contributed by atoms with Crippen molar-refractivity contribution < 1.29 is 5.21 Å². The van der Waals surface area contributed by atoms with Crippen molar-refractivity contribution in [1.29, 1.82) is 0 Å². The normalized spacial score (nSPS) is 11.8. The van der Waals surface area contributed by atoms with Gasteiger partial charge in [0.1, 0.15) is 5.69 Å². The van der Waals surface area contributed by atoms with E-state index in [4.69, 9.17) is 22.5 Å². The van der Waals surface area contributed by atoms with E-state index in [1.54, 1.807) is 23.1 Å². The first-order valence-electron chi connectivity index (χ1n) is 5.23.